The molecule has 0 saturated carbocycles. The molecule has 0 fully saturated rings. The molecule has 1 aromatic rings. The van der Waals surface area contributed by atoms with Crippen molar-refractivity contribution in [1.29, 1.82) is 0 Å². The number of para-hydroxylation sites is 1. The molecule has 1 aromatic carbocycles. The lowest BCUT2D eigenvalue weighted by Gasteiger charge is -2.10. The number of nitrogens with zero attached hydrogens (tertiary/aromatic N) is 1. The van der Waals surface area contributed by atoms with E-state index in [2.05, 4.69) is 18.8 Å². The topological polar surface area (TPSA) is 21.6 Å². The smallest absolute Gasteiger partial charge is 0.192 e. The van der Waals surface area contributed by atoms with Gasteiger partial charge in [0.1, 0.15) is 5.75 Å². The summed E-state index contributed by atoms with van der Waals surface area (Å²) >= 11 is 0. The second-order valence-electron chi connectivity index (χ2n) is 3.13. The number of hydrogen-bond acceptors (Lipinski definition) is 2. The second-order valence-corrected chi connectivity index (χ2v) is 3.13. The van der Waals surface area contributed by atoms with Crippen LogP contribution in [0.25, 0.3) is 0 Å². The Bertz CT molecular complexity index is 278. The molecule has 0 aromatic heterocycles. The van der Waals surface area contributed by atoms with Crippen LogP contribution in [0.2, 0.25) is 0 Å². The third kappa shape index (κ3) is 5.21. The van der Waals surface area contributed by atoms with Gasteiger partial charge in [0.2, 0.25) is 0 Å². The van der Waals surface area contributed by atoms with Crippen molar-refractivity contribution < 1.29 is 4.74 Å². The minimum atomic E-state index is 0.324. The van der Waals surface area contributed by atoms with Gasteiger partial charge in [0.25, 0.3) is 0 Å². The van der Waals surface area contributed by atoms with Crippen LogP contribution in [0.5, 0.6) is 5.75 Å². The van der Waals surface area contributed by atoms with Crippen LogP contribution in [0.1, 0.15) is 27.7 Å². The minimum absolute atomic E-state index is 0.324. The molecule has 0 N–H and O–H groups in total. The molecule has 0 atom stereocenters. The van der Waals surface area contributed by atoms with Gasteiger partial charge in [0.05, 0.1) is 0 Å². The van der Waals surface area contributed by atoms with E-state index in [-0.39, 0.29) is 0 Å². The third-order valence-corrected chi connectivity index (χ3v) is 1.68. The second kappa shape index (κ2) is 8.04. The summed E-state index contributed by atoms with van der Waals surface area (Å²) in [5.41, 5.74) is 0. The van der Waals surface area contributed by atoms with Crippen molar-refractivity contribution in [2.24, 2.45) is 10.9 Å². The average molecular weight is 207 g/mol. The van der Waals surface area contributed by atoms with E-state index in [1.54, 1.807) is 7.05 Å². The maximum Gasteiger partial charge on any atom is 0.192 e. The highest BCUT2D eigenvalue weighted by atomic mass is 16.5. The summed E-state index contributed by atoms with van der Waals surface area (Å²) in [7, 11) is 1.75. The first-order chi connectivity index (χ1) is 7.24. The van der Waals surface area contributed by atoms with E-state index in [9.17, 15) is 0 Å². The summed E-state index contributed by atoms with van der Waals surface area (Å²) in [5, 5.41) is 0. The maximum atomic E-state index is 5.58. The van der Waals surface area contributed by atoms with Crippen LogP contribution >= 0.6 is 0 Å². The van der Waals surface area contributed by atoms with Crippen molar-refractivity contribution in [2.75, 3.05) is 7.05 Å². The number of ether oxygens (including phenoxy) is 1. The Morgan fingerprint density at radius 1 is 1.13 bits per heavy atom. The fraction of sp³-hybridized carbons (Fsp3) is 0.462. The zero-order valence-electron chi connectivity index (χ0n) is 10.3. The van der Waals surface area contributed by atoms with E-state index in [1.165, 1.54) is 0 Å². The van der Waals surface area contributed by atoms with E-state index in [0.29, 0.717) is 5.92 Å². The van der Waals surface area contributed by atoms with Crippen LogP contribution in [0.15, 0.2) is 35.3 Å². The maximum absolute atomic E-state index is 5.58. The molecule has 0 amide bonds. The van der Waals surface area contributed by atoms with Gasteiger partial charge in [0, 0.05) is 13.0 Å². The van der Waals surface area contributed by atoms with Crippen LogP contribution in [-0.4, -0.2) is 12.9 Å². The molecule has 0 spiro atoms. The number of benzene rings is 1. The third-order valence-electron chi connectivity index (χ3n) is 1.68. The zero-order valence-corrected chi connectivity index (χ0v) is 10.3. The van der Waals surface area contributed by atoms with Crippen molar-refractivity contribution in [3.8, 4) is 5.75 Å². The first kappa shape index (κ1) is 13.7. The average Bonchev–Trinajstić information content (AvgIpc) is 2.29. The van der Waals surface area contributed by atoms with Crippen LogP contribution in [0.4, 0.5) is 0 Å². The highest BCUT2D eigenvalue weighted by Crippen LogP contribution is 2.11. The van der Waals surface area contributed by atoms with Crippen molar-refractivity contribution in [1.82, 2.24) is 0 Å². The van der Waals surface area contributed by atoms with Gasteiger partial charge in [-0.05, 0) is 12.1 Å². The van der Waals surface area contributed by atoms with Crippen LogP contribution in [-0.2, 0) is 0 Å². The largest absolute Gasteiger partial charge is 0.443 e. The predicted molar refractivity (Wildman–Crippen MR) is 66.6 cm³/mol. The lowest BCUT2D eigenvalue weighted by Crippen LogP contribution is -2.15. The highest BCUT2D eigenvalue weighted by Gasteiger charge is 2.05. The first-order valence-corrected chi connectivity index (χ1v) is 5.43. The Morgan fingerprint density at radius 3 is 2.07 bits per heavy atom. The predicted octanol–water partition coefficient (Wildman–Crippen LogP) is 3.78. The molecule has 0 unspecified atom stereocenters. The standard InChI is InChI=1S/C11H15NO.C2H6/c1-9(2)11(12-3)13-10-7-5-4-6-8-10;1-2/h4-9H,1-3H3;1-2H3. The molecule has 2 heteroatoms. The summed E-state index contributed by atoms with van der Waals surface area (Å²) in [4.78, 5) is 4.08. The lowest BCUT2D eigenvalue weighted by atomic mass is 10.2. The van der Waals surface area contributed by atoms with Crippen molar-refractivity contribution >= 4 is 5.90 Å². The Kier molecular flexibility index (Phi) is 7.33. The Labute approximate surface area is 93.0 Å². The quantitative estimate of drug-likeness (QED) is 0.534. The van der Waals surface area contributed by atoms with Crippen LogP contribution in [0, 0.1) is 5.92 Å². The lowest BCUT2D eigenvalue weighted by molar-refractivity contribution is 0.505. The molecular weight excluding hydrogens is 186 g/mol. The van der Waals surface area contributed by atoms with E-state index in [1.807, 2.05) is 44.2 Å². The summed E-state index contributed by atoms with van der Waals surface area (Å²) in [6.07, 6.45) is 0. The molecule has 0 saturated heterocycles. The first-order valence-electron chi connectivity index (χ1n) is 5.43. The highest BCUT2D eigenvalue weighted by molar-refractivity contribution is 5.80. The summed E-state index contributed by atoms with van der Waals surface area (Å²) < 4.78 is 5.58. The molecule has 0 aliphatic heterocycles. The van der Waals surface area contributed by atoms with Crippen molar-refractivity contribution in [3.05, 3.63) is 30.3 Å². The van der Waals surface area contributed by atoms with Gasteiger partial charge in [-0.3, -0.25) is 4.99 Å². The molecular formula is C13H21NO. The molecule has 0 heterocycles. The van der Waals surface area contributed by atoms with Crippen molar-refractivity contribution in [2.45, 2.75) is 27.7 Å². The molecule has 0 bridgehead atoms. The van der Waals surface area contributed by atoms with Gasteiger partial charge in [0.15, 0.2) is 5.90 Å². The van der Waals surface area contributed by atoms with E-state index in [4.69, 9.17) is 4.74 Å². The van der Waals surface area contributed by atoms with Gasteiger partial charge in [-0.25, -0.2) is 0 Å². The van der Waals surface area contributed by atoms with E-state index < -0.39 is 0 Å². The summed E-state index contributed by atoms with van der Waals surface area (Å²) in [6, 6.07) is 9.71. The Hall–Kier alpha value is -1.31. The van der Waals surface area contributed by atoms with Crippen molar-refractivity contribution in [3.63, 3.8) is 0 Å². The molecule has 2 nitrogen and oxygen atoms in total. The fourth-order valence-corrected chi connectivity index (χ4v) is 1.03. The molecule has 15 heavy (non-hydrogen) atoms. The minimum Gasteiger partial charge on any atom is -0.443 e. The zero-order chi connectivity index (χ0) is 11.7. The van der Waals surface area contributed by atoms with E-state index in [0.717, 1.165) is 11.6 Å². The molecule has 0 aliphatic carbocycles. The summed E-state index contributed by atoms with van der Waals surface area (Å²) in [5.74, 6) is 1.94. The van der Waals surface area contributed by atoms with Gasteiger partial charge < -0.3 is 4.74 Å². The SMILES string of the molecule is CC.CN=C(Oc1ccccc1)C(C)C. The van der Waals surface area contributed by atoms with Gasteiger partial charge in [-0.15, -0.1) is 0 Å². The van der Waals surface area contributed by atoms with Crippen LogP contribution in [0.3, 0.4) is 0 Å². The van der Waals surface area contributed by atoms with Crippen LogP contribution < -0.4 is 4.74 Å². The number of rotatable bonds is 2. The van der Waals surface area contributed by atoms with E-state index >= 15 is 0 Å². The van der Waals surface area contributed by atoms with Gasteiger partial charge >= 0.3 is 0 Å². The number of hydrogen-bond donors (Lipinski definition) is 0. The molecule has 0 aliphatic rings. The fourth-order valence-electron chi connectivity index (χ4n) is 1.03. The van der Waals surface area contributed by atoms with Gasteiger partial charge in [-0.1, -0.05) is 45.9 Å². The van der Waals surface area contributed by atoms with Gasteiger partial charge in [-0.2, -0.15) is 0 Å². The Balaban J connectivity index is 0.000000921. The molecule has 84 valence electrons. The summed E-state index contributed by atoms with van der Waals surface area (Å²) in [6.45, 7) is 8.12. The monoisotopic (exact) mass is 207 g/mol. The molecule has 1 rings (SSSR count). The number of aliphatic imine (C=N–C) groups is 1. The Morgan fingerprint density at radius 2 is 1.67 bits per heavy atom. The normalized spacial score (nSPS) is 10.7. The molecule has 0 radical (unpaired) electrons.